The molecule has 0 bridgehead atoms. The zero-order valence-electron chi connectivity index (χ0n) is 11.4. The SMILES string of the molecule is S=C(NCc1ccc2c(c1)CCO2)Nc1ccc(Cl)cc1. The number of halogens is 1. The molecule has 2 N–H and O–H groups in total. The predicted molar refractivity (Wildman–Crippen MR) is 90.2 cm³/mol. The quantitative estimate of drug-likeness (QED) is 0.844. The molecular weight excluding hydrogens is 304 g/mol. The molecule has 1 aliphatic rings. The number of nitrogens with one attached hydrogen (secondary N) is 2. The van der Waals surface area contributed by atoms with Gasteiger partial charge in [-0.2, -0.15) is 0 Å². The number of anilines is 1. The highest BCUT2D eigenvalue weighted by Crippen LogP contribution is 2.25. The Morgan fingerprint density at radius 1 is 1.19 bits per heavy atom. The minimum absolute atomic E-state index is 0.592. The van der Waals surface area contributed by atoms with E-state index in [1.807, 2.05) is 30.3 Å². The molecule has 0 spiro atoms. The second-order valence-corrected chi connectivity index (χ2v) is 5.70. The molecule has 1 aliphatic heterocycles. The van der Waals surface area contributed by atoms with E-state index < -0.39 is 0 Å². The van der Waals surface area contributed by atoms with Crippen LogP contribution in [-0.4, -0.2) is 11.7 Å². The van der Waals surface area contributed by atoms with E-state index in [0.29, 0.717) is 16.7 Å². The number of ether oxygens (including phenoxy) is 1. The molecule has 3 rings (SSSR count). The second-order valence-electron chi connectivity index (χ2n) is 4.86. The average Bonchev–Trinajstić information content (AvgIpc) is 2.95. The van der Waals surface area contributed by atoms with Crippen molar-refractivity contribution < 1.29 is 4.74 Å². The van der Waals surface area contributed by atoms with Crippen molar-refractivity contribution in [2.45, 2.75) is 13.0 Å². The minimum atomic E-state index is 0.592. The summed E-state index contributed by atoms with van der Waals surface area (Å²) in [6.45, 7) is 1.47. The van der Waals surface area contributed by atoms with Gasteiger partial charge in [-0.3, -0.25) is 0 Å². The molecule has 2 aromatic carbocycles. The van der Waals surface area contributed by atoms with Crippen LogP contribution in [0, 0.1) is 0 Å². The second kappa shape index (κ2) is 6.33. The van der Waals surface area contributed by atoms with E-state index in [2.05, 4.69) is 22.8 Å². The highest BCUT2D eigenvalue weighted by molar-refractivity contribution is 7.80. The van der Waals surface area contributed by atoms with Gasteiger partial charge in [0.2, 0.25) is 0 Å². The Morgan fingerprint density at radius 2 is 2.00 bits per heavy atom. The Bertz CT molecular complexity index is 658. The lowest BCUT2D eigenvalue weighted by Crippen LogP contribution is -2.27. The van der Waals surface area contributed by atoms with Crippen LogP contribution in [0.5, 0.6) is 5.75 Å². The van der Waals surface area contributed by atoms with Gasteiger partial charge in [-0.25, -0.2) is 0 Å². The van der Waals surface area contributed by atoms with Crippen molar-refractivity contribution in [1.29, 1.82) is 0 Å². The van der Waals surface area contributed by atoms with Crippen molar-refractivity contribution in [1.82, 2.24) is 5.32 Å². The summed E-state index contributed by atoms with van der Waals surface area (Å²) in [5, 5.41) is 7.63. The monoisotopic (exact) mass is 318 g/mol. The largest absolute Gasteiger partial charge is 0.493 e. The fraction of sp³-hybridized carbons (Fsp3) is 0.188. The highest BCUT2D eigenvalue weighted by Gasteiger charge is 2.11. The molecular formula is C16H15ClN2OS. The molecule has 0 radical (unpaired) electrons. The number of thiocarbonyl (C=S) groups is 1. The topological polar surface area (TPSA) is 33.3 Å². The number of rotatable bonds is 3. The summed E-state index contributed by atoms with van der Waals surface area (Å²) in [4.78, 5) is 0. The Morgan fingerprint density at radius 3 is 2.81 bits per heavy atom. The first-order valence-electron chi connectivity index (χ1n) is 6.76. The van der Waals surface area contributed by atoms with Crippen molar-refractivity contribution in [2.75, 3.05) is 11.9 Å². The lowest BCUT2D eigenvalue weighted by atomic mass is 10.1. The van der Waals surface area contributed by atoms with Crippen LogP contribution in [0.4, 0.5) is 5.69 Å². The number of fused-ring (bicyclic) bond motifs is 1. The van der Waals surface area contributed by atoms with Gasteiger partial charge in [0.15, 0.2) is 5.11 Å². The molecule has 5 heteroatoms. The van der Waals surface area contributed by atoms with E-state index in [1.165, 1.54) is 11.1 Å². The van der Waals surface area contributed by atoms with E-state index in [9.17, 15) is 0 Å². The number of benzene rings is 2. The van der Waals surface area contributed by atoms with Gasteiger partial charge in [-0.15, -0.1) is 0 Å². The zero-order chi connectivity index (χ0) is 14.7. The molecule has 0 aromatic heterocycles. The van der Waals surface area contributed by atoms with Gasteiger partial charge in [0, 0.05) is 23.7 Å². The third-order valence-corrected chi connectivity index (χ3v) is 3.81. The van der Waals surface area contributed by atoms with Crippen molar-refractivity contribution in [3.63, 3.8) is 0 Å². The van der Waals surface area contributed by atoms with Gasteiger partial charge in [0.25, 0.3) is 0 Å². The maximum Gasteiger partial charge on any atom is 0.171 e. The Hall–Kier alpha value is -1.78. The first-order valence-corrected chi connectivity index (χ1v) is 7.54. The molecule has 0 aliphatic carbocycles. The van der Waals surface area contributed by atoms with Crippen molar-refractivity contribution in [3.05, 3.63) is 58.6 Å². The van der Waals surface area contributed by atoms with Gasteiger partial charge in [-0.05, 0) is 53.7 Å². The summed E-state index contributed by atoms with van der Waals surface area (Å²) in [5.41, 5.74) is 3.38. The summed E-state index contributed by atoms with van der Waals surface area (Å²) in [7, 11) is 0. The third kappa shape index (κ3) is 3.65. The van der Waals surface area contributed by atoms with Gasteiger partial charge >= 0.3 is 0 Å². The molecule has 0 atom stereocenters. The van der Waals surface area contributed by atoms with E-state index in [-0.39, 0.29) is 0 Å². The van der Waals surface area contributed by atoms with Crippen LogP contribution in [0.1, 0.15) is 11.1 Å². The van der Waals surface area contributed by atoms with E-state index in [0.717, 1.165) is 24.5 Å². The van der Waals surface area contributed by atoms with Gasteiger partial charge in [-0.1, -0.05) is 23.7 Å². The lowest BCUT2D eigenvalue weighted by Gasteiger charge is -2.11. The van der Waals surface area contributed by atoms with Gasteiger partial charge in [0.05, 0.1) is 6.61 Å². The summed E-state index contributed by atoms with van der Waals surface area (Å²) in [5.74, 6) is 1.00. The Kier molecular flexibility index (Phi) is 4.27. The average molecular weight is 319 g/mol. The molecule has 1 heterocycles. The molecule has 2 aromatic rings. The van der Waals surface area contributed by atoms with Crippen LogP contribution in [0.15, 0.2) is 42.5 Å². The van der Waals surface area contributed by atoms with Gasteiger partial charge < -0.3 is 15.4 Å². The normalized spacial score (nSPS) is 12.4. The van der Waals surface area contributed by atoms with Crippen LogP contribution in [0.3, 0.4) is 0 Å². The number of hydrogen-bond acceptors (Lipinski definition) is 2. The van der Waals surface area contributed by atoms with Crippen LogP contribution >= 0.6 is 23.8 Å². The summed E-state index contributed by atoms with van der Waals surface area (Å²) < 4.78 is 5.50. The van der Waals surface area contributed by atoms with Crippen molar-refractivity contribution in [2.24, 2.45) is 0 Å². The molecule has 0 unspecified atom stereocenters. The smallest absolute Gasteiger partial charge is 0.171 e. The molecule has 108 valence electrons. The lowest BCUT2D eigenvalue weighted by molar-refractivity contribution is 0.357. The fourth-order valence-electron chi connectivity index (χ4n) is 2.24. The van der Waals surface area contributed by atoms with Crippen LogP contribution in [0.2, 0.25) is 5.02 Å². The van der Waals surface area contributed by atoms with E-state index in [4.69, 9.17) is 28.6 Å². The van der Waals surface area contributed by atoms with Gasteiger partial charge in [0.1, 0.15) is 5.75 Å². The molecule has 0 fully saturated rings. The first kappa shape index (κ1) is 14.2. The highest BCUT2D eigenvalue weighted by atomic mass is 35.5. The summed E-state index contributed by atoms with van der Waals surface area (Å²) >= 11 is 11.1. The summed E-state index contributed by atoms with van der Waals surface area (Å²) in [6.07, 6.45) is 0.983. The van der Waals surface area contributed by atoms with E-state index in [1.54, 1.807) is 0 Å². The Labute approximate surface area is 134 Å². The molecule has 21 heavy (non-hydrogen) atoms. The van der Waals surface area contributed by atoms with Crippen molar-refractivity contribution in [3.8, 4) is 5.75 Å². The molecule has 0 saturated heterocycles. The van der Waals surface area contributed by atoms with Crippen molar-refractivity contribution >= 4 is 34.6 Å². The molecule has 0 saturated carbocycles. The Balaban J connectivity index is 1.55. The van der Waals surface area contributed by atoms with Crippen LogP contribution in [0.25, 0.3) is 0 Å². The first-order chi connectivity index (χ1) is 10.2. The predicted octanol–water partition coefficient (Wildman–Crippen LogP) is 3.76. The maximum atomic E-state index is 5.85. The maximum absolute atomic E-state index is 5.85. The standard InChI is InChI=1S/C16H15ClN2OS/c17-13-2-4-14(5-3-13)19-16(21)18-10-11-1-6-15-12(9-11)7-8-20-15/h1-6,9H,7-8,10H2,(H2,18,19,21). The summed E-state index contributed by atoms with van der Waals surface area (Å²) in [6, 6.07) is 13.7. The fourth-order valence-corrected chi connectivity index (χ4v) is 2.56. The van der Waals surface area contributed by atoms with E-state index >= 15 is 0 Å². The number of hydrogen-bond donors (Lipinski definition) is 2. The molecule has 3 nitrogen and oxygen atoms in total. The minimum Gasteiger partial charge on any atom is -0.493 e. The zero-order valence-corrected chi connectivity index (χ0v) is 12.9. The van der Waals surface area contributed by atoms with Crippen LogP contribution < -0.4 is 15.4 Å². The van der Waals surface area contributed by atoms with Crippen LogP contribution in [-0.2, 0) is 13.0 Å². The molecule has 0 amide bonds. The third-order valence-electron chi connectivity index (χ3n) is 3.31.